The number of carbonyl (C=O) groups excluding carboxylic acids is 1. The van der Waals surface area contributed by atoms with Crippen LogP contribution < -0.4 is 15.4 Å². The van der Waals surface area contributed by atoms with E-state index in [-0.39, 0.29) is 12.5 Å². The van der Waals surface area contributed by atoms with Crippen LogP contribution in [0.25, 0.3) is 0 Å². The Balaban J connectivity index is 1.36. The zero-order chi connectivity index (χ0) is 19.6. The SMILES string of the molecule is Cc1ccc(NC(=O)COc2ccc(CNCCc3ccccc3)cc2)cc1. The summed E-state index contributed by atoms with van der Waals surface area (Å²) < 4.78 is 5.57. The fourth-order valence-electron chi connectivity index (χ4n) is 2.80. The number of anilines is 1. The number of aryl methyl sites for hydroxylation is 1. The third-order valence-electron chi connectivity index (χ3n) is 4.39. The summed E-state index contributed by atoms with van der Waals surface area (Å²) in [6.07, 6.45) is 1.01. The third kappa shape index (κ3) is 6.56. The summed E-state index contributed by atoms with van der Waals surface area (Å²) in [4.78, 5) is 12.0. The Morgan fingerprint density at radius 3 is 2.29 bits per heavy atom. The van der Waals surface area contributed by atoms with E-state index in [1.807, 2.05) is 61.5 Å². The molecule has 0 spiro atoms. The van der Waals surface area contributed by atoms with Crippen LogP contribution in [-0.2, 0) is 17.8 Å². The number of hydrogen-bond donors (Lipinski definition) is 2. The fraction of sp³-hybridized carbons (Fsp3) is 0.208. The van der Waals surface area contributed by atoms with Crippen LogP contribution in [0.1, 0.15) is 16.7 Å². The Kier molecular flexibility index (Phi) is 7.21. The number of hydrogen-bond acceptors (Lipinski definition) is 3. The van der Waals surface area contributed by atoms with Crippen molar-refractivity contribution in [3.8, 4) is 5.75 Å². The molecular formula is C24H26N2O2. The molecule has 0 saturated carbocycles. The highest BCUT2D eigenvalue weighted by molar-refractivity contribution is 5.91. The summed E-state index contributed by atoms with van der Waals surface area (Å²) >= 11 is 0. The summed E-state index contributed by atoms with van der Waals surface area (Å²) in [7, 11) is 0. The number of carbonyl (C=O) groups is 1. The summed E-state index contributed by atoms with van der Waals surface area (Å²) in [5.41, 5.74) is 4.45. The molecule has 3 aromatic rings. The second kappa shape index (κ2) is 10.3. The average molecular weight is 374 g/mol. The van der Waals surface area contributed by atoms with E-state index >= 15 is 0 Å². The van der Waals surface area contributed by atoms with Gasteiger partial charge in [-0.15, -0.1) is 0 Å². The van der Waals surface area contributed by atoms with Crippen molar-refractivity contribution in [2.24, 2.45) is 0 Å². The van der Waals surface area contributed by atoms with Gasteiger partial charge in [0.1, 0.15) is 5.75 Å². The van der Waals surface area contributed by atoms with E-state index < -0.39 is 0 Å². The van der Waals surface area contributed by atoms with Crippen molar-refractivity contribution in [2.75, 3.05) is 18.5 Å². The molecule has 0 aliphatic carbocycles. The predicted octanol–water partition coefficient (Wildman–Crippen LogP) is 4.34. The third-order valence-corrected chi connectivity index (χ3v) is 4.39. The highest BCUT2D eigenvalue weighted by Gasteiger charge is 2.04. The molecule has 144 valence electrons. The number of amides is 1. The van der Waals surface area contributed by atoms with Crippen molar-refractivity contribution in [1.82, 2.24) is 5.32 Å². The monoisotopic (exact) mass is 374 g/mol. The van der Waals surface area contributed by atoms with Crippen LogP contribution in [0.15, 0.2) is 78.9 Å². The Morgan fingerprint density at radius 1 is 0.857 bits per heavy atom. The smallest absolute Gasteiger partial charge is 0.262 e. The summed E-state index contributed by atoms with van der Waals surface area (Å²) in [5.74, 6) is 0.516. The first-order valence-electron chi connectivity index (χ1n) is 9.52. The van der Waals surface area contributed by atoms with Crippen LogP contribution in [0, 0.1) is 6.92 Å². The lowest BCUT2D eigenvalue weighted by Crippen LogP contribution is -2.20. The number of ether oxygens (including phenoxy) is 1. The van der Waals surface area contributed by atoms with Gasteiger partial charge in [-0.05, 0) is 55.3 Å². The van der Waals surface area contributed by atoms with Crippen LogP contribution in [-0.4, -0.2) is 19.1 Å². The average Bonchev–Trinajstić information content (AvgIpc) is 2.73. The van der Waals surface area contributed by atoms with E-state index in [0.29, 0.717) is 5.75 Å². The molecule has 0 heterocycles. The molecule has 0 radical (unpaired) electrons. The molecule has 0 saturated heterocycles. The first-order valence-corrected chi connectivity index (χ1v) is 9.52. The molecule has 4 heteroatoms. The molecule has 0 bridgehead atoms. The van der Waals surface area contributed by atoms with E-state index in [1.165, 1.54) is 11.1 Å². The maximum atomic E-state index is 12.0. The molecule has 2 N–H and O–H groups in total. The molecule has 4 nitrogen and oxygen atoms in total. The van der Waals surface area contributed by atoms with Gasteiger partial charge in [-0.25, -0.2) is 0 Å². The van der Waals surface area contributed by atoms with E-state index in [2.05, 4.69) is 34.9 Å². The number of rotatable bonds is 9. The molecule has 28 heavy (non-hydrogen) atoms. The van der Waals surface area contributed by atoms with E-state index in [4.69, 9.17) is 4.74 Å². The van der Waals surface area contributed by atoms with Crippen molar-refractivity contribution in [1.29, 1.82) is 0 Å². The van der Waals surface area contributed by atoms with Crippen molar-refractivity contribution in [2.45, 2.75) is 19.9 Å². The van der Waals surface area contributed by atoms with Crippen LogP contribution in [0.5, 0.6) is 5.75 Å². The van der Waals surface area contributed by atoms with Gasteiger partial charge in [0.25, 0.3) is 5.91 Å². The number of benzene rings is 3. The maximum absolute atomic E-state index is 12.0. The van der Waals surface area contributed by atoms with Gasteiger partial charge in [0, 0.05) is 12.2 Å². The number of nitrogens with one attached hydrogen (secondary N) is 2. The topological polar surface area (TPSA) is 50.4 Å². The zero-order valence-corrected chi connectivity index (χ0v) is 16.2. The highest BCUT2D eigenvalue weighted by atomic mass is 16.5. The Bertz CT molecular complexity index is 859. The van der Waals surface area contributed by atoms with Gasteiger partial charge in [0.15, 0.2) is 6.61 Å². The summed E-state index contributed by atoms with van der Waals surface area (Å²) in [6, 6.07) is 26.0. The second-order valence-corrected chi connectivity index (χ2v) is 6.76. The van der Waals surface area contributed by atoms with E-state index in [0.717, 1.165) is 30.8 Å². The minimum atomic E-state index is -0.171. The maximum Gasteiger partial charge on any atom is 0.262 e. The minimum Gasteiger partial charge on any atom is -0.484 e. The lowest BCUT2D eigenvalue weighted by atomic mass is 10.1. The zero-order valence-electron chi connectivity index (χ0n) is 16.2. The first kappa shape index (κ1) is 19.6. The first-order chi connectivity index (χ1) is 13.7. The Labute approximate surface area is 166 Å². The molecule has 0 atom stereocenters. The molecular weight excluding hydrogens is 348 g/mol. The molecule has 0 aliphatic heterocycles. The molecule has 1 amide bonds. The quantitative estimate of drug-likeness (QED) is 0.548. The predicted molar refractivity (Wildman–Crippen MR) is 114 cm³/mol. The van der Waals surface area contributed by atoms with Crippen LogP contribution in [0.2, 0.25) is 0 Å². The van der Waals surface area contributed by atoms with Crippen molar-refractivity contribution in [3.05, 3.63) is 95.6 Å². The van der Waals surface area contributed by atoms with Crippen LogP contribution >= 0.6 is 0 Å². The van der Waals surface area contributed by atoms with Crippen LogP contribution in [0.3, 0.4) is 0 Å². The lowest BCUT2D eigenvalue weighted by Gasteiger charge is -2.09. The van der Waals surface area contributed by atoms with Gasteiger partial charge in [0.05, 0.1) is 0 Å². The van der Waals surface area contributed by atoms with Crippen molar-refractivity contribution < 1.29 is 9.53 Å². The highest BCUT2D eigenvalue weighted by Crippen LogP contribution is 2.13. The Morgan fingerprint density at radius 2 is 1.57 bits per heavy atom. The molecule has 0 aromatic heterocycles. The van der Waals surface area contributed by atoms with Gasteiger partial charge in [0.2, 0.25) is 0 Å². The normalized spacial score (nSPS) is 10.5. The van der Waals surface area contributed by atoms with Gasteiger partial charge in [-0.2, -0.15) is 0 Å². The fourth-order valence-corrected chi connectivity index (χ4v) is 2.80. The van der Waals surface area contributed by atoms with Gasteiger partial charge < -0.3 is 15.4 Å². The van der Waals surface area contributed by atoms with Crippen LogP contribution in [0.4, 0.5) is 5.69 Å². The molecule has 0 fully saturated rings. The molecule has 0 unspecified atom stereocenters. The van der Waals surface area contributed by atoms with Gasteiger partial charge in [-0.3, -0.25) is 4.79 Å². The van der Waals surface area contributed by atoms with E-state index in [9.17, 15) is 4.79 Å². The molecule has 3 aromatic carbocycles. The van der Waals surface area contributed by atoms with E-state index in [1.54, 1.807) is 0 Å². The minimum absolute atomic E-state index is 0.0114. The van der Waals surface area contributed by atoms with Crippen molar-refractivity contribution in [3.63, 3.8) is 0 Å². The summed E-state index contributed by atoms with van der Waals surface area (Å²) in [6.45, 7) is 3.74. The molecule has 3 rings (SSSR count). The molecule has 0 aliphatic rings. The van der Waals surface area contributed by atoms with Gasteiger partial charge in [-0.1, -0.05) is 60.2 Å². The van der Waals surface area contributed by atoms with Gasteiger partial charge >= 0.3 is 0 Å². The standard InChI is InChI=1S/C24H26N2O2/c1-19-7-11-22(12-8-19)26-24(27)18-28-23-13-9-21(10-14-23)17-25-16-15-20-5-3-2-4-6-20/h2-14,25H,15-18H2,1H3,(H,26,27). The Hall–Kier alpha value is -3.11. The van der Waals surface area contributed by atoms with Crippen molar-refractivity contribution >= 4 is 11.6 Å². The second-order valence-electron chi connectivity index (χ2n) is 6.76. The largest absolute Gasteiger partial charge is 0.484 e. The lowest BCUT2D eigenvalue weighted by molar-refractivity contribution is -0.118. The summed E-state index contributed by atoms with van der Waals surface area (Å²) in [5, 5.41) is 6.27.